The van der Waals surface area contributed by atoms with Gasteiger partial charge in [0.1, 0.15) is 0 Å². The number of sulfone groups is 1. The predicted molar refractivity (Wildman–Crippen MR) is 93.9 cm³/mol. The van der Waals surface area contributed by atoms with Gasteiger partial charge < -0.3 is 10.2 Å². The minimum atomic E-state index is -3.08. The monoisotopic (exact) mass is 372 g/mol. The third-order valence-electron chi connectivity index (χ3n) is 4.09. The van der Waals surface area contributed by atoms with Crippen LogP contribution in [-0.4, -0.2) is 49.2 Å². The number of hydrogen-bond acceptors (Lipinski definition) is 4. The first-order valence-electron chi connectivity index (χ1n) is 7.71. The molecule has 2 rings (SSSR count). The van der Waals surface area contributed by atoms with Gasteiger partial charge in [-0.1, -0.05) is 17.7 Å². The topological polar surface area (TPSA) is 83.6 Å². The first-order chi connectivity index (χ1) is 11.2. The van der Waals surface area contributed by atoms with Gasteiger partial charge in [0, 0.05) is 36.6 Å². The standard InChI is InChI=1S/C16H21ClN2O4S/c1-11-3-4-13(9-15(11)17)18-16(21)5-7-19(12(2)20)14-6-8-24(22,23)10-14/h3-4,9,14H,5-8,10H2,1-2H3,(H,18,21). The molecule has 0 spiro atoms. The second kappa shape index (κ2) is 7.53. The molecule has 0 bridgehead atoms. The summed E-state index contributed by atoms with van der Waals surface area (Å²) in [5, 5.41) is 3.30. The predicted octanol–water partition coefficient (Wildman–Crippen LogP) is 2.01. The molecule has 0 radical (unpaired) electrons. The molecule has 1 atom stereocenters. The van der Waals surface area contributed by atoms with Crippen molar-refractivity contribution in [3.63, 3.8) is 0 Å². The average molecular weight is 373 g/mol. The van der Waals surface area contributed by atoms with Gasteiger partial charge in [0.15, 0.2) is 9.84 Å². The van der Waals surface area contributed by atoms with Crippen LogP contribution in [0, 0.1) is 6.92 Å². The van der Waals surface area contributed by atoms with Crippen molar-refractivity contribution >= 4 is 38.9 Å². The van der Waals surface area contributed by atoms with Gasteiger partial charge in [-0.15, -0.1) is 0 Å². The maximum Gasteiger partial charge on any atom is 0.226 e. The van der Waals surface area contributed by atoms with Crippen LogP contribution in [0.15, 0.2) is 18.2 Å². The summed E-state index contributed by atoms with van der Waals surface area (Å²) in [6.45, 7) is 3.46. The minimum Gasteiger partial charge on any atom is -0.338 e. The van der Waals surface area contributed by atoms with Crippen molar-refractivity contribution in [3.05, 3.63) is 28.8 Å². The highest BCUT2D eigenvalue weighted by molar-refractivity contribution is 7.91. The first kappa shape index (κ1) is 18.7. The summed E-state index contributed by atoms with van der Waals surface area (Å²) >= 11 is 6.02. The number of carbonyl (C=O) groups is 2. The number of nitrogens with zero attached hydrogens (tertiary/aromatic N) is 1. The summed E-state index contributed by atoms with van der Waals surface area (Å²) in [6, 6.07) is 4.89. The van der Waals surface area contributed by atoms with Gasteiger partial charge in [-0.25, -0.2) is 8.42 Å². The van der Waals surface area contributed by atoms with Crippen LogP contribution in [0.2, 0.25) is 5.02 Å². The number of halogens is 1. The number of aryl methyl sites for hydroxylation is 1. The minimum absolute atomic E-state index is 0.0260. The maximum absolute atomic E-state index is 12.1. The van der Waals surface area contributed by atoms with Crippen LogP contribution in [0.5, 0.6) is 0 Å². The van der Waals surface area contributed by atoms with E-state index < -0.39 is 9.84 Å². The van der Waals surface area contributed by atoms with Crippen LogP contribution in [0.4, 0.5) is 5.69 Å². The maximum atomic E-state index is 12.1. The number of carbonyl (C=O) groups excluding carboxylic acids is 2. The van der Waals surface area contributed by atoms with Gasteiger partial charge in [0.25, 0.3) is 0 Å². The summed E-state index contributed by atoms with van der Waals surface area (Å²) in [5.41, 5.74) is 1.51. The summed E-state index contributed by atoms with van der Waals surface area (Å²) in [6.07, 6.45) is 0.527. The molecule has 8 heteroatoms. The molecule has 1 aromatic rings. The van der Waals surface area contributed by atoms with Crippen molar-refractivity contribution in [1.82, 2.24) is 4.90 Å². The molecule has 6 nitrogen and oxygen atoms in total. The highest BCUT2D eigenvalue weighted by atomic mass is 35.5. The van der Waals surface area contributed by atoms with Gasteiger partial charge in [0.05, 0.1) is 11.5 Å². The molecule has 0 saturated carbocycles. The Labute approximate surface area is 147 Å². The van der Waals surface area contributed by atoms with Gasteiger partial charge >= 0.3 is 0 Å². The molecule has 0 aromatic heterocycles. The molecule has 1 N–H and O–H groups in total. The third kappa shape index (κ3) is 4.95. The van der Waals surface area contributed by atoms with Crippen molar-refractivity contribution in [3.8, 4) is 0 Å². The smallest absolute Gasteiger partial charge is 0.226 e. The number of benzene rings is 1. The Kier molecular flexibility index (Phi) is 5.87. The third-order valence-corrected chi connectivity index (χ3v) is 6.25. The fourth-order valence-corrected chi connectivity index (χ4v) is 4.65. The molecule has 0 aliphatic carbocycles. The quantitative estimate of drug-likeness (QED) is 0.856. The van der Waals surface area contributed by atoms with Crippen molar-refractivity contribution in [2.75, 3.05) is 23.4 Å². The molecule has 1 unspecified atom stereocenters. The average Bonchev–Trinajstić information content (AvgIpc) is 2.83. The summed E-state index contributed by atoms with van der Waals surface area (Å²) in [7, 11) is -3.08. The number of hydrogen-bond donors (Lipinski definition) is 1. The zero-order valence-electron chi connectivity index (χ0n) is 13.7. The van der Waals surface area contributed by atoms with E-state index in [0.29, 0.717) is 17.1 Å². The molecule has 1 aromatic carbocycles. The van der Waals surface area contributed by atoms with E-state index in [0.717, 1.165) is 5.56 Å². The number of amides is 2. The molecule has 2 amide bonds. The van der Waals surface area contributed by atoms with E-state index in [2.05, 4.69) is 5.32 Å². The van der Waals surface area contributed by atoms with Crippen LogP contribution < -0.4 is 5.32 Å². The number of nitrogens with one attached hydrogen (secondary N) is 1. The number of rotatable bonds is 5. The van der Waals surface area contributed by atoms with Gasteiger partial charge in [-0.05, 0) is 31.0 Å². The van der Waals surface area contributed by atoms with E-state index in [4.69, 9.17) is 11.6 Å². The molecule has 132 valence electrons. The highest BCUT2D eigenvalue weighted by Gasteiger charge is 2.33. The second-order valence-corrected chi connectivity index (χ2v) is 8.67. The van der Waals surface area contributed by atoms with Crippen molar-refractivity contribution in [1.29, 1.82) is 0 Å². The van der Waals surface area contributed by atoms with Crippen molar-refractivity contribution in [2.24, 2.45) is 0 Å². The zero-order chi connectivity index (χ0) is 17.9. The van der Waals surface area contributed by atoms with Crippen molar-refractivity contribution < 1.29 is 18.0 Å². The van der Waals surface area contributed by atoms with E-state index in [1.54, 1.807) is 12.1 Å². The Morgan fingerprint density at radius 3 is 2.62 bits per heavy atom. The van der Waals surface area contributed by atoms with Crippen LogP contribution >= 0.6 is 11.6 Å². The number of anilines is 1. The van der Waals surface area contributed by atoms with Crippen LogP contribution in [0.3, 0.4) is 0 Å². The molecular formula is C16H21ClN2O4S. The molecule has 1 saturated heterocycles. The van der Waals surface area contributed by atoms with Gasteiger partial charge in [-0.2, -0.15) is 0 Å². The summed E-state index contributed by atoms with van der Waals surface area (Å²) in [4.78, 5) is 25.3. The molecule has 24 heavy (non-hydrogen) atoms. The summed E-state index contributed by atoms with van der Waals surface area (Å²) in [5.74, 6) is -0.401. The van der Waals surface area contributed by atoms with E-state index in [9.17, 15) is 18.0 Å². The van der Waals surface area contributed by atoms with E-state index in [-0.39, 0.29) is 42.3 Å². The zero-order valence-corrected chi connectivity index (χ0v) is 15.3. The van der Waals surface area contributed by atoms with E-state index in [1.807, 2.05) is 13.0 Å². The van der Waals surface area contributed by atoms with Crippen LogP contribution in [0.25, 0.3) is 0 Å². The van der Waals surface area contributed by atoms with E-state index in [1.165, 1.54) is 11.8 Å². The van der Waals surface area contributed by atoms with Crippen LogP contribution in [0.1, 0.15) is 25.3 Å². The van der Waals surface area contributed by atoms with Crippen LogP contribution in [-0.2, 0) is 19.4 Å². The molecular weight excluding hydrogens is 352 g/mol. The molecule has 1 aliphatic rings. The Balaban J connectivity index is 1.93. The Morgan fingerprint density at radius 1 is 1.38 bits per heavy atom. The van der Waals surface area contributed by atoms with Crippen molar-refractivity contribution in [2.45, 2.75) is 32.7 Å². The fraction of sp³-hybridized carbons (Fsp3) is 0.500. The second-order valence-electron chi connectivity index (χ2n) is 6.03. The Bertz CT molecular complexity index is 748. The lowest BCUT2D eigenvalue weighted by Crippen LogP contribution is -2.41. The molecule has 1 fully saturated rings. The molecule has 1 heterocycles. The fourth-order valence-electron chi connectivity index (χ4n) is 2.73. The highest BCUT2D eigenvalue weighted by Crippen LogP contribution is 2.21. The normalized spacial score (nSPS) is 19.0. The lowest BCUT2D eigenvalue weighted by Gasteiger charge is -2.26. The Morgan fingerprint density at radius 2 is 2.08 bits per heavy atom. The van der Waals surface area contributed by atoms with Gasteiger partial charge in [-0.3, -0.25) is 9.59 Å². The Hall–Kier alpha value is -1.60. The van der Waals surface area contributed by atoms with E-state index >= 15 is 0 Å². The van der Waals surface area contributed by atoms with Gasteiger partial charge in [0.2, 0.25) is 11.8 Å². The SMILES string of the molecule is CC(=O)N(CCC(=O)Nc1ccc(C)c(Cl)c1)C1CCS(=O)(=O)C1. The largest absolute Gasteiger partial charge is 0.338 e. The lowest BCUT2D eigenvalue weighted by molar-refractivity contribution is -0.131. The summed E-state index contributed by atoms with van der Waals surface area (Å²) < 4.78 is 23.2. The lowest BCUT2D eigenvalue weighted by atomic mass is 10.2. The first-order valence-corrected chi connectivity index (χ1v) is 9.91. The molecule has 1 aliphatic heterocycles.